The minimum Gasteiger partial charge on any atom is -0.369 e. The van der Waals surface area contributed by atoms with Gasteiger partial charge in [-0.1, -0.05) is 23.2 Å². The molecule has 6 nitrogen and oxygen atoms in total. The van der Waals surface area contributed by atoms with Gasteiger partial charge in [-0.3, -0.25) is 14.8 Å². The molecule has 0 spiro atoms. The number of nitro benzene ring substituents is 1. The fourth-order valence-corrected chi connectivity index (χ4v) is 3.76. The number of nitro groups is 1. The Morgan fingerprint density at radius 3 is 2.35 bits per heavy atom. The Bertz CT molecular complexity index is 716. The molecule has 0 bridgehead atoms. The van der Waals surface area contributed by atoms with E-state index in [-0.39, 0.29) is 5.69 Å². The van der Waals surface area contributed by atoms with E-state index in [1.165, 1.54) is 17.7 Å². The van der Waals surface area contributed by atoms with Gasteiger partial charge in [0.2, 0.25) is 0 Å². The number of nitrogens with zero attached hydrogens (tertiary/aromatic N) is 4. The third kappa shape index (κ3) is 3.28. The van der Waals surface area contributed by atoms with Crippen LogP contribution >= 0.6 is 23.2 Å². The summed E-state index contributed by atoms with van der Waals surface area (Å²) in [6, 6.07) is 2.71. The van der Waals surface area contributed by atoms with Crippen LogP contribution in [0, 0.1) is 10.1 Å². The Labute approximate surface area is 143 Å². The van der Waals surface area contributed by atoms with Crippen molar-refractivity contribution >= 4 is 34.6 Å². The standard InChI is InChI=1S/C15H16Cl2N4O2/c1-19-9-11(8-18-19)10-2-4-20(5-3-10)15-13(16)6-12(21(22)23)7-14(15)17/h6-10H,2-5H2,1H3. The number of hydrogen-bond donors (Lipinski definition) is 0. The van der Waals surface area contributed by atoms with Crippen molar-refractivity contribution < 1.29 is 4.92 Å². The first-order valence-electron chi connectivity index (χ1n) is 7.32. The Morgan fingerprint density at radius 2 is 1.87 bits per heavy atom. The highest BCUT2D eigenvalue weighted by atomic mass is 35.5. The summed E-state index contributed by atoms with van der Waals surface area (Å²) < 4.78 is 1.81. The zero-order valence-electron chi connectivity index (χ0n) is 12.6. The smallest absolute Gasteiger partial charge is 0.272 e. The lowest BCUT2D eigenvalue weighted by Gasteiger charge is -2.34. The largest absolute Gasteiger partial charge is 0.369 e. The van der Waals surface area contributed by atoms with Crippen molar-refractivity contribution in [1.29, 1.82) is 0 Å². The van der Waals surface area contributed by atoms with E-state index in [1.807, 2.05) is 24.1 Å². The van der Waals surface area contributed by atoms with Gasteiger partial charge < -0.3 is 4.90 Å². The minimum atomic E-state index is -0.490. The molecule has 0 N–H and O–H groups in total. The number of halogens is 2. The number of aryl methyl sites for hydroxylation is 1. The van der Waals surface area contributed by atoms with Gasteiger partial charge in [-0.05, 0) is 24.3 Å². The Kier molecular flexibility index (Phi) is 4.46. The molecule has 3 rings (SSSR count). The maximum atomic E-state index is 10.9. The topological polar surface area (TPSA) is 64.2 Å². The second-order valence-corrected chi connectivity index (χ2v) is 6.54. The summed E-state index contributed by atoms with van der Waals surface area (Å²) in [7, 11) is 1.91. The molecule has 1 aliphatic rings. The van der Waals surface area contributed by atoms with Crippen molar-refractivity contribution in [3.8, 4) is 0 Å². The van der Waals surface area contributed by atoms with Gasteiger partial charge >= 0.3 is 0 Å². The first-order chi connectivity index (χ1) is 11.0. The van der Waals surface area contributed by atoms with Crippen LogP contribution in [-0.2, 0) is 7.05 Å². The first-order valence-corrected chi connectivity index (χ1v) is 8.08. The Balaban J connectivity index is 1.76. The van der Waals surface area contributed by atoms with Crippen LogP contribution in [0.3, 0.4) is 0 Å². The summed E-state index contributed by atoms with van der Waals surface area (Å²) in [5, 5.41) is 15.7. The number of piperidine rings is 1. The fourth-order valence-electron chi connectivity index (χ4n) is 3.05. The lowest BCUT2D eigenvalue weighted by atomic mass is 9.91. The van der Waals surface area contributed by atoms with Gasteiger partial charge in [0.15, 0.2) is 0 Å². The van der Waals surface area contributed by atoms with Crippen molar-refractivity contribution in [2.75, 3.05) is 18.0 Å². The van der Waals surface area contributed by atoms with E-state index < -0.39 is 4.92 Å². The molecular weight excluding hydrogens is 339 g/mol. The molecular formula is C15H16Cl2N4O2. The van der Waals surface area contributed by atoms with Gasteiger partial charge in [0.1, 0.15) is 0 Å². The quantitative estimate of drug-likeness (QED) is 0.616. The molecule has 0 saturated carbocycles. The Morgan fingerprint density at radius 1 is 1.26 bits per heavy atom. The highest BCUT2D eigenvalue weighted by Crippen LogP contribution is 2.40. The van der Waals surface area contributed by atoms with Crippen LogP contribution in [0.1, 0.15) is 24.3 Å². The lowest BCUT2D eigenvalue weighted by molar-refractivity contribution is -0.384. The predicted molar refractivity (Wildman–Crippen MR) is 90.5 cm³/mol. The van der Waals surface area contributed by atoms with E-state index in [0.717, 1.165) is 25.9 Å². The van der Waals surface area contributed by atoms with Crippen molar-refractivity contribution in [2.45, 2.75) is 18.8 Å². The normalized spacial score (nSPS) is 15.9. The molecule has 1 fully saturated rings. The molecule has 1 aromatic carbocycles. The summed E-state index contributed by atoms with van der Waals surface area (Å²) >= 11 is 12.4. The number of aromatic nitrogens is 2. The van der Waals surface area contributed by atoms with Gasteiger partial charge in [0.05, 0.1) is 26.9 Å². The summed E-state index contributed by atoms with van der Waals surface area (Å²) in [4.78, 5) is 12.5. The van der Waals surface area contributed by atoms with Crippen LogP contribution < -0.4 is 4.90 Å². The van der Waals surface area contributed by atoms with Crippen LogP contribution in [-0.4, -0.2) is 27.8 Å². The summed E-state index contributed by atoms with van der Waals surface area (Å²) in [5.74, 6) is 0.468. The first kappa shape index (κ1) is 16.1. The van der Waals surface area contributed by atoms with Crippen molar-refractivity contribution in [2.24, 2.45) is 7.05 Å². The molecule has 8 heteroatoms. The van der Waals surface area contributed by atoms with Crippen LogP contribution in [0.5, 0.6) is 0 Å². The highest BCUT2D eigenvalue weighted by Gasteiger charge is 2.25. The fraction of sp³-hybridized carbons (Fsp3) is 0.400. The van der Waals surface area contributed by atoms with Gasteiger partial charge in [-0.15, -0.1) is 0 Å². The molecule has 0 atom stereocenters. The minimum absolute atomic E-state index is 0.0889. The van der Waals surface area contributed by atoms with E-state index in [4.69, 9.17) is 23.2 Å². The molecule has 122 valence electrons. The highest BCUT2D eigenvalue weighted by molar-refractivity contribution is 6.39. The third-order valence-corrected chi connectivity index (χ3v) is 4.80. The molecule has 0 radical (unpaired) electrons. The van der Waals surface area contributed by atoms with Crippen LogP contribution in [0.4, 0.5) is 11.4 Å². The zero-order chi connectivity index (χ0) is 16.6. The van der Waals surface area contributed by atoms with Gasteiger partial charge in [0.25, 0.3) is 5.69 Å². The van der Waals surface area contributed by atoms with Gasteiger partial charge in [0, 0.05) is 38.5 Å². The van der Waals surface area contributed by atoms with Crippen molar-refractivity contribution in [1.82, 2.24) is 9.78 Å². The van der Waals surface area contributed by atoms with E-state index in [2.05, 4.69) is 10.00 Å². The second-order valence-electron chi connectivity index (χ2n) is 5.72. The summed E-state index contributed by atoms with van der Waals surface area (Å²) in [5.41, 5.74) is 1.84. The average molecular weight is 355 g/mol. The molecule has 0 unspecified atom stereocenters. The van der Waals surface area contributed by atoms with Crippen molar-refractivity contribution in [3.63, 3.8) is 0 Å². The molecule has 1 saturated heterocycles. The lowest BCUT2D eigenvalue weighted by Crippen LogP contribution is -2.33. The number of non-ortho nitro benzene ring substituents is 1. The number of rotatable bonds is 3. The predicted octanol–water partition coefficient (Wildman–Crippen LogP) is 4.02. The molecule has 0 amide bonds. The molecule has 2 heterocycles. The third-order valence-electron chi connectivity index (χ3n) is 4.22. The number of anilines is 1. The molecule has 2 aromatic rings. The van der Waals surface area contributed by atoms with Crippen LogP contribution in [0.25, 0.3) is 0 Å². The van der Waals surface area contributed by atoms with E-state index >= 15 is 0 Å². The van der Waals surface area contributed by atoms with Gasteiger partial charge in [-0.25, -0.2) is 0 Å². The monoisotopic (exact) mass is 354 g/mol. The maximum Gasteiger partial charge on any atom is 0.272 e. The SMILES string of the molecule is Cn1cc(C2CCN(c3c(Cl)cc([N+](=O)[O-])cc3Cl)CC2)cn1. The van der Waals surface area contributed by atoms with Crippen molar-refractivity contribution in [3.05, 3.63) is 50.2 Å². The second kappa shape index (κ2) is 6.37. The molecule has 1 aromatic heterocycles. The number of benzene rings is 1. The summed E-state index contributed by atoms with van der Waals surface area (Å²) in [6.45, 7) is 1.60. The maximum absolute atomic E-state index is 10.9. The average Bonchev–Trinajstić information content (AvgIpc) is 2.93. The van der Waals surface area contributed by atoms with Crippen LogP contribution in [0.2, 0.25) is 10.0 Å². The van der Waals surface area contributed by atoms with E-state index in [0.29, 0.717) is 21.7 Å². The summed E-state index contributed by atoms with van der Waals surface area (Å²) in [6.07, 6.45) is 5.89. The molecule has 1 aliphatic heterocycles. The van der Waals surface area contributed by atoms with Crippen LogP contribution in [0.15, 0.2) is 24.5 Å². The van der Waals surface area contributed by atoms with Gasteiger partial charge in [-0.2, -0.15) is 5.10 Å². The molecule has 0 aliphatic carbocycles. The number of hydrogen-bond acceptors (Lipinski definition) is 4. The molecule has 23 heavy (non-hydrogen) atoms. The van der Waals surface area contributed by atoms with E-state index in [9.17, 15) is 10.1 Å². The van der Waals surface area contributed by atoms with E-state index in [1.54, 1.807) is 0 Å². The zero-order valence-corrected chi connectivity index (χ0v) is 14.1. The Hall–Kier alpha value is -1.79.